The molecule has 3 N–H and O–H groups in total. The number of hydrogen-bond acceptors (Lipinski definition) is 9. The number of anilines is 3. The van der Waals surface area contributed by atoms with E-state index in [0.717, 1.165) is 5.69 Å². The van der Waals surface area contributed by atoms with Crippen LogP contribution in [0.1, 0.15) is 12.8 Å². The van der Waals surface area contributed by atoms with Gasteiger partial charge in [-0.15, -0.1) is 0 Å². The van der Waals surface area contributed by atoms with Crippen LogP contribution in [0.5, 0.6) is 0 Å². The molecule has 0 bridgehead atoms. The molecule has 33 heavy (non-hydrogen) atoms. The number of hydrogen-bond donors (Lipinski definition) is 3. The minimum Gasteiger partial charge on any atom is -0.371 e. The number of nitrogens with zero attached hydrogens (tertiary/aromatic N) is 4. The van der Waals surface area contributed by atoms with Crippen LogP contribution in [0.2, 0.25) is 5.02 Å². The number of halogens is 2. The molecule has 0 aromatic carbocycles. The Hall–Kier alpha value is -2.06. The quantitative estimate of drug-likeness (QED) is 0.488. The van der Waals surface area contributed by atoms with Crippen molar-refractivity contribution < 1.29 is 22.3 Å². The molecule has 0 amide bonds. The maximum absolute atomic E-state index is 13.0. The fourth-order valence-electron chi connectivity index (χ4n) is 4.42. The summed E-state index contributed by atoms with van der Waals surface area (Å²) in [6.45, 7) is 0.486. The Balaban J connectivity index is 1.20. The summed E-state index contributed by atoms with van der Waals surface area (Å²) >= 11 is 6.29. The molecule has 11 nitrogen and oxygen atoms in total. The molecule has 2 aromatic heterocycles. The maximum Gasteiger partial charge on any atom is 0.229 e. The Kier molecular flexibility index (Phi) is 6.16. The summed E-state index contributed by atoms with van der Waals surface area (Å²) in [5.74, 6) is 0.538. The molecule has 180 valence electrons. The Morgan fingerprint density at radius 2 is 1.94 bits per heavy atom. The maximum atomic E-state index is 13.0. The van der Waals surface area contributed by atoms with Gasteiger partial charge in [0.1, 0.15) is 23.4 Å². The van der Waals surface area contributed by atoms with Crippen LogP contribution < -0.4 is 15.4 Å². The predicted molar refractivity (Wildman–Crippen MR) is 119 cm³/mol. The summed E-state index contributed by atoms with van der Waals surface area (Å²) in [6.07, 6.45) is 3.81. The molecule has 14 heteroatoms. The second-order valence-electron chi connectivity index (χ2n) is 8.71. The number of alkyl halides is 1. The minimum absolute atomic E-state index is 0.0771. The van der Waals surface area contributed by atoms with Crippen molar-refractivity contribution in [1.29, 1.82) is 0 Å². The molecule has 3 aliphatic rings. The zero-order valence-electron chi connectivity index (χ0n) is 17.8. The van der Waals surface area contributed by atoms with E-state index < -0.39 is 28.3 Å². The van der Waals surface area contributed by atoms with Crippen molar-refractivity contribution in [2.75, 3.05) is 29.6 Å². The Labute approximate surface area is 195 Å². The van der Waals surface area contributed by atoms with Gasteiger partial charge in [-0.1, -0.05) is 11.6 Å². The van der Waals surface area contributed by atoms with Crippen LogP contribution in [-0.2, 0) is 26.5 Å². The third-order valence-corrected chi connectivity index (χ3v) is 7.89. The number of ether oxygens (including phenoxy) is 2. The van der Waals surface area contributed by atoms with Gasteiger partial charge in [-0.2, -0.15) is 10.1 Å². The molecule has 4 atom stereocenters. The number of aryl methyl sites for hydroxylation is 1. The first-order chi connectivity index (χ1) is 15.8. The first-order valence-electron chi connectivity index (χ1n) is 10.7. The van der Waals surface area contributed by atoms with Crippen LogP contribution in [0.3, 0.4) is 0 Å². The smallest absolute Gasteiger partial charge is 0.229 e. The van der Waals surface area contributed by atoms with Crippen molar-refractivity contribution in [1.82, 2.24) is 24.5 Å². The fraction of sp³-hybridized carbons (Fsp3) is 0.632. The van der Waals surface area contributed by atoms with Crippen LogP contribution in [0.15, 0.2) is 18.6 Å². The molecule has 4 heterocycles. The largest absolute Gasteiger partial charge is 0.371 e. The third-order valence-electron chi connectivity index (χ3n) is 6.04. The number of sulfonamides is 1. The topological polar surface area (TPSA) is 132 Å². The van der Waals surface area contributed by atoms with Crippen molar-refractivity contribution >= 4 is 39.1 Å². The van der Waals surface area contributed by atoms with Gasteiger partial charge in [0.05, 0.1) is 49.1 Å². The van der Waals surface area contributed by atoms with E-state index in [9.17, 15) is 12.8 Å². The highest BCUT2D eigenvalue weighted by atomic mass is 35.5. The monoisotopic (exact) mass is 501 g/mol. The average molecular weight is 502 g/mol. The third kappa shape index (κ3) is 5.06. The molecule has 1 saturated carbocycles. The molecule has 2 aliphatic heterocycles. The van der Waals surface area contributed by atoms with Crippen LogP contribution in [0.25, 0.3) is 0 Å². The van der Waals surface area contributed by atoms with E-state index in [1.54, 1.807) is 24.1 Å². The summed E-state index contributed by atoms with van der Waals surface area (Å²) in [5, 5.41) is 10.7. The van der Waals surface area contributed by atoms with Crippen LogP contribution in [0, 0.1) is 5.92 Å². The van der Waals surface area contributed by atoms with Gasteiger partial charge in [-0.25, -0.2) is 22.5 Å². The van der Waals surface area contributed by atoms with Gasteiger partial charge in [0.15, 0.2) is 5.82 Å². The van der Waals surface area contributed by atoms with Gasteiger partial charge >= 0.3 is 0 Å². The van der Waals surface area contributed by atoms with Crippen molar-refractivity contribution in [3.8, 4) is 0 Å². The lowest BCUT2D eigenvalue weighted by Gasteiger charge is -2.29. The van der Waals surface area contributed by atoms with E-state index in [4.69, 9.17) is 21.1 Å². The fourth-order valence-corrected chi connectivity index (χ4v) is 6.22. The lowest BCUT2D eigenvalue weighted by molar-refractivity contribution is 0.0690. The van der Waals surface area contributed by atoms with Crippen LogP contribution >= 0.6 is 11.6 Å². The molecular formula is C19H25ClFN7O4S. The first-order valence-corrected chi connectivity index (χ1v) is 12.7. The zero-order chi connectivity index (χ0) is 23.2. The summed E-state index contributed by atoms with van der Waals surface area (Å²) in [5.41, 5.74) is 0.730. The highest BCUT2D eigenvalue weighted by molar-refractivity contribution is 7.89. The molecular weight excluding hydrogens is 477 g/mol. The Morgan fingerprint density at radius 1 is 1.21 bits per heavy atom. The summed E-state index contributed by atoms with van der Waals surface area (Å²) < 4.78 is 54.0. The van der Waals surface area contributed by atoms with Crippen LogP contribution in [0.4, 0.5) is 21.8 Å². The van der Waals surface area contributed by atoms with E-state index >= 15 is 0 Å². The Bertz CT molecular complexity index is 1110. The lowest BCUT2D eigenvalue weighted by atomic mass is 9.85. The Morgan fingerprint density at radius 3 is 2.64 bits per heavy atom. The molecule has 0 radical (unpaired) electrons. The zero-order valence-corrected chi connectivity index (χ0v) is 19.4. The number of nitrogens with one attached hydrogen (secondary N) is 3. The normalized spacial score (nSPS) is 31.2. The molecule has 2 saturated heterocycles. The first kappa shape index (κ1) is 22.7. The number of rotatable bonds is 8. The summed E-state index contributed by atoms with van der Waals surface area (Å²) in [6, 6.07) is -0.779. The molecule has 3 fully saturated rings. The van der Waals surface area contributed by atoms with Crippen LogP contribution in [-0.4, -0.2) is 77.6 Å². The average Bonchev–Trinajstić information content (AvgIpc) is 3.42. The molecule has 1 aliphatic carbocycles. The highest BCUT2D eigenvalue weighted by Crippen LogP contribution is 2.33. The van der Waals surface area contributed by atoms with E-state index in [1.165, 1.54) is 6.20 Å². The van der Waals surface area contributed by atoms with E-state index in [2.05, 4.69) is 30.4 Å². The van der Waals surface area contributed by atoms with Crippen molar-refractivity contribution in [2.45, 2.75) is 43.3 Å². The molecule has 0 spiro atoms. The highest BCUT2D eigenvalue weighted by Gasteiger charge is 2.49. The summed E-state index contributed by atoms with van der Waals surface area (Å²) in [4.78, 5) is 8.61. The summed E-state index contributed by atoms with van der Waals surface area (Å²) in [7, 11) is -1.75. The van der Waals surface area contributed by atoms with E-state index in [-0.39, 0.29) is 30.4 Å². The molecule has 5 rings (SSSR count). The number of fused-ring (bicyclic) bond motifs is 1. The van der Waals surface area contributed by atoms with Crippen molar-refractivity contribution in [3.63, 3.8) is 0 Å². The molecule has 2 unspecified atom stereocenters. The van der Waals surface area contributed by atoms with Gasteiger partial charge < -0.3 is 20.1 Å². The van der Waals surface area contributed by atoms with Crippen molar-refractivity contribution in [3.05, 3.63) is 23.6 Å². The van der Waals surface area contributed by atoms with E-state index in [1.807, 2.05) is 0 Å². The van der Waals surface area contributed by atoms with Gasteiger partial charge in [0.25, 0.3) is 0 Å². The lowest BCUT2D eigenvalue weighted by Crippen LogP contribution is -2.47. The standard InChI is InChI=1S/C19H25ClFN7O4S/c1-28-6-12(4-23-28)24-19-22-5-13(20)18(26-19)25-14-7-31-17-15(8-32-16(14)17)27-33(29,30)9-10-2-11(21)3-10/h4-6,10-11,14-17,27H,2-3,7-9H2,1H3,(H2,22,24,25,26)/t10?,11?,14-,15+,16?,17?/m1/s1. The van der Waals surface area contributed by atoms with Gasteiger partial charge in [-0.05, 0) is 18.8 Å². The van der Waals surface area contributed by atoms with Crippen molar-refractivity contribution in [2.24, 2.45) is 13.0 Å². The SMILES string of the molecule is Cn1cc(Nc2ncc(Cl)c(N[C@@H]3COC4C3OC[C@@H]4NS(=O)(=O)CC3CC(F)C3)n2)cn1. The van der Waals surface area contributed by atoms with Gasteiger partial charge in [0, 0.05) is 13.2 Å². The number of aromatic nitrogens is 4. The van der Waals surface area contributed by atoms with E-state index in [0.29, 0.717) is 36.2 Å². The second-order valence-corrected chi connectivity index (χ2v) is 10.9. The van der Waals surface area contributed by atoms with Gasteiger partial charge in [0.2, 0.25) is 16.0 Å². The second kappa shape index (κ2) is 8.95. The predicted octanol–water partition coefficient (Wildman–Crippen LogP) is 1.22. The molecule has 2 aromatic rings. The minimum atomic E-state index is -3.56. The van der Waals surface area contributed by atoms with Gasteiger partial charge in [-0.3, -0.25) is 4.68 Å².